The van der Waals surface area contributed by atoms with Crippen molar-refractivity contribution in [2.24, 2.45) is 0 Å². The lowest BCUT2D eigenvalue weighted by atomic mass is 10.2. The zero-order chi connectivity index (χ0) is 12.5. The topological polar surface area (TPSA) is 9.23 Å². The fraction of sp³-hybridized carbons (Fsp3) is 0.250. The molecule has 0 unspecified atom stereocenters. The van der Waals surface area contributed by atoms with E-state index in [1.807, 2.05) is 0 Å². The van der Waals surface area contributed by atoms with Crippen LogP contribution in [0.15, 0.2) is 12.1 Å². The normalized spacial score (nSPS) is 12.0. The van der Waals surface area contributed by atoms with Crippen molar-refractivity contribution in [3.63, 3.8) is 0 Å². The van der Waals surface area contributed by atoms with E-state index in [1.165, 1.54) is 0 Å². The monoisotopic (exact) mass is 264 g/mol. The highest BCUT2D eigenvalue weighted by molar-refractivity contribution is 6.31. The van der Waals surface area contributed by atoms with Gasteiger partial charge in [0.2, 0.25) is 0 Å². The van der Waals surface area contributed by atoms with Crippen molar-refractivity contribution in [1.82, 2.24) is 0 Å². The lowest BCUT2D eigenvalue weighted by Gasteiger charge is -2.12. The van der Waals surface area contributed by atoms with Gasteiger partial charge in [-0.2, -0.15) is 22.0 Å². The van der Waals surface area contributed by atoms with Crippen LogP contribution in [-0.2, 0) is 6.18 Å². The maximum Gasteiger partial charge on any atom is 0.417 e. The number of benzene rings is 1. The SMILES string of the molecule is Fc1c(OC(F)F)ccc(C(F)(F)F)c1Cl. The Hall–Kier alpha value is -1.11. The van der Waals surface area contributed by atoms with E-state index in [9.17, 15) is 26.3 Å². The van der Waals surface area contributed by atoms with Crippen molar-refractivity contribution in [3.8, 4) is 5.75 Å². The Kier molecular flexibility index (Phi) is 3.57. The quantitative estimate of drug-likeness (QED) is 0.731. The molecule has 0 saturated carbocycles. The van der Waals surface area contributed by atoms with Gasteiger partial charge in [-0.3, -0.25) is 0 Å². The molecule has 0 aliphatic heterocycles. The van der Waals surface area contributed by atoms with Gasteiger partial charge < -0.3 is 4.74 Å². The van der Waals surface area contributed by atoms with Crippen LogP contribution in [0.25, 0.3) is 0 Å². The van der Waals surface area contributed by atoms with Crippen LogP contribution >= 0.6 is 11.6 Å². The summed E-state index contributed by atoms with van der Waals surface area (Å²) in [4.78, 5) is 0. The summed E-state index contributed by atoms with van der Waals surface area (Å²) in [6.45, 7) is -3.35. The van der Waals surface area contributed by atoms with Crippen molar-refractivity contribution < 1.29 is 31.1 Å². The molecule has 16 heavy (non-hydrogen) atoms. The third-order valence-electron chi connectivity index (χ3n) is 1.57. The van der Waals surface area contributed by atoms with E-state index in [0.717, 1.165) is 0 Å². The summed E-state index contributed by atoms with van der Waals surface area (Å²) in [6.07, 6.45) is -4.86. The number of alkyl halides is 5. The Labute approximate surface area is 90.6 Å². The van der Waals surface area contributed by atoms with Crippen molar-refractivity contribution in [2.75, 3.05) is 0 Å². The molecule has 1 nitrogen and oxygen atoms in total. The minimum absolute atomic E-state index is 0.364. The Morgan fingerprint density at radius 3 is 2.19 bits per heavy atom. The molecule has 0 heterocycles. The Bertz CT molecular complexity index is 389. The van der Waals surface area contributed by atoms with Crippen LogP contribution < -0.4 is 4.74 Å². The zero-order valence-electron chi connectivity index (χ0n) is 7.29. The molecule has 90 valence electrons. The summed E-state index contributed by atoms with van der Waals surface area (Å²) in [7, 11) is 0. The molecule has 8 heteroatoms. The Morgan fingerprint density at radius 2 is 1.75 bits per heavy atom. The van der Waals surface area contributed by atoms with Gasteiger partial charge in [0, 0.05) is 0 Å². The van der Waals surface area contributed by atoms with Gasteiger partial charge in [0.05, 0.1) is 10.6 Å². The maximum atomic E-state index is 13.1. The predicted octanol–water partition coefficient (Wildman–Crippen LogP) is 4.10. The summed E-state index contributed by atoms with van der Waals surface area (Å²) in [6, 6.07) is 0.805. The molecule has 0 aromatic heterocycles. The summed E-state index contributed by atoms with van der Waals surface area (Å²) in [5, 5.41) is -1.30. The van der Waals surface area contributed by atoms with Crippen LogP contribution in [0, 0.1) is 5.82 Å². The summed E-state index contributed by atoms with van der Waals surface area (Å²) < 4.78 is 76.7. The highest BCUT2D eigenvalue weighted by Crippen LogP contribution is 2.38. The second-order valence-corrected chi connectivity index (χ2v) is 2.99. The van der Waals surface area contributed by atoms with Crippen LogP contribution in [0.5, 0.6) is 5.75 Å². The average Bonchev–Trinajstić information content (AvgIpc) is 2.10. The molecule has 1 aromatic carbocycles. The second kappa shape index (κ2) is 4.40. The Morgan fingerprint density at radius 1 is 1.19 bits per heavy atom. The second-order valence-electron chi connectivity index (χ2n) is 2.62. The van der Waals surface area contributed by atoms with Crippen molar-refractivity contribution in [3.05, 3.63) is 28.5 Å². The molecule has 0 radical (unpaired) electrons. The molecule has 0 spiro atoms. The fourth-order valence-electron chi connectivity index (χ4n) is 0.938. The molecular formula is C8H3ClF6O. The first kappa shape index (κ1) is 13.0. The zero-order valence-corrected chi connectivity index (χ0v) is 8.04. The molecule has 0 N–H and O–H groups in total. The molecule has 0 amide bonds. The van der Waals surface area contributed by atoms with Crippen molar-refractivity contribution in [2.45, 2.75) is 12.8 Å². The predicted molar refractivity (Wildman–Crippen MR) is 43.0 cm³/mol. The van der Waals surface area contributed by atoms with Gasteiger partial charge in [-0.1, -0.05) is 11.6 Å². The molecule has 0 saturated heterocycles. The van der Waals surface area contributed by atoms with Gasteiger partial charge in [-0.15, -0.1) is 0 Å². The molecule has 0 aliphatic rings. The summed E-state index contributed by atoms with van der Waals surface area (Å²) >= 11 is 5.05. The largest absolute Gasteiger partial charge is 0.432 e. The van der Waals surface area contributed by atoms with Crippen molar-refractivity contribution in [1.29, 1.82) is 0 Å². The van der Waals surface area contributed by atoms with Crippen molar-refractivity contribution >= 4 is 11.6 Å². The van der Waals surface area contributed by atoms with E-state index in [0.29, 0.717) is 12.1 Å². The summed E-state index contributed by atoms with van der Waals surface area (Å²) in [5.41, 5.74) is -1.45. The molecule has 0 atom stereocenters. The van der Waals surface area contributed by atoms with Gasteiger partial charge >= 0.3 is 12.8 Å². The van der Waals surface area contributed by atoms with Gasteiger partial charge in [-0.05, 0) is 12.1 Å². The van der Waals surface area contributed by atoms with Crippen LogP contribution in [-0.4, -0.2) is 6.61 Å². The first-order valence-electron chi connectivity index (χ1n) is 3.73. The van der Waals surface area contributed by atoms with E-state index in [4.69, 9.17) is 11.6 Å². The smallest absolute Gasteiger partial charge is 0.417 e. The van der Waals surface area contributed by atoms with E-state index >= 15 is 0 Å². The lowest BCUT2D eigenvalue weighted by molar-refractivity contribution is -0.137. The van der Waals surface area contributed by atoms with E-state index in [-0.39, 0.29) is 0 Å². The van der Waals surface area contributed by atoms with Crippen LogP contribution in [0.4, 0.5) is 26.3 Å². The number of hydrogen-bond acceptors (Lipinski definition) is 1. The van der Waals surface area contributed by atoms with Gasteiger partial charge in [0.1, 0.15) is 0 Å². The van der Waals surface area contributed by atoms with E-state index in [2.05, 4.69) is 4.74 Å². The molecule has 0 aliphatic carbocycles. The van der Waals surface area contributed by atoms with Gasteiger partial charge in [-0.25, -0.2) is 4.39 Å². The number of rotatable bonds is 2. The third kappa shape index (κ3) is 2.72. The molecular weight excluding hydrogens is 262 g/mol. The maximum absolute atomic E-state index is 13.1. The van der Waals surface area contributed by atoms with Crippen LogP contribution in [0.1, 0.15) is 5.56 Å². The minimum atomic E-state index is -4.86. The number of ether oxygens (including phenoxy) is 1. The van der Waals surface area contributed by atoms with Crippen LogP contribution in [0.2, 0.25) is 5.02 Å². The summed E-state index contributed by atoms with van der Waals surface area (Å²) in [5.74, 6) is -2.70. The molecule has 1 rings (SSSR count). The molecule has 1 aromatic rings. The standard InChI is InChI=1S/C8H3ClF6O/c9-5-3(8(13,14)15)1-2-4(6(5)10)16-7(11)12/h1-2,7H. The number of hydrogen-bond donors (Lipinski definition) is 0. The lowest BCUT2D eigenvalue weighted by Crippen LogP contribution is -2.09. The first-order valence-corrected chi connectivity index (χ1v) is 4.11. The average molecular weight is 265 g/mol. The van der Waals surface area contributed by atoms with E-state index in [1.54, 1.807) is 0 Å². The van der Waals surface area contributed by atoms with Crippen LogP contribution in [0.3, 0.4) is 0 Å². The van der Waals surface area contributed by atoms with E-state index < -0.39 is 34.9 Å². The first-order chi connectivity index (χ1) is 7.23. The highest BCUT2D eigenvalue weighted by atomic mass is 35.5. The molecule has 0 fully saturated rings. The Balaban J connectivity index is 3.19. The molecule has 0 bridgehead atoms. The highest BCUT2D eigenvalue weighted by Gasteiger charge is 2.35. The van der Waals surface area contributed by atoms with Gasteiger partial charge in [0.15, 0.2) is 11.6 Å². The number of halogens is 7. The third-order valence-corrected chi connectivity index (χ3v) is 1.94. The minimum Gasteiger partial charge on any atom is -0.432 e. The fourth-order valence-corrected chi connectivity index (χ4v) is 1.20. The van der Waals surface area contributed by atoms with Gasteiger partial charge in [0.25, 0.3) is 0 Å².